The van der Waals surface area contributed by atoms with E-state index in [-0.39, 0.29) is 0 Å². The first-order valence-electron chi connectivity index (χ1n) is 6.45. The van der Waals surface area contributed by atoms with Gasteiger partial charge in [-0.05, 0) is 36.2 Å². The van der Waals surface area contributed by atoms with E-state index < -0.39 is 8.32 Å². The molecule has 1 aromatic rings. The van der Waals surface area contributed by atoms with E-state index in [0.717, 1.165) is 13.0 Å². The van der Waals surface area contributed by atoms with E-state index >= 15 is 0 Å². The van der Waals surface area contributed by atoms with Crippen LogP contribution in [-0.4, -0.2) is 14.9 Å². The Morgan fingerprint density at radius 1 is 0.938 bits per heavy atom. The van der Waals surface area contributed by atoms with Crippen LogP contribution in [0.2, 0.25) is 12.1 Å². The first-order chi connectivity index (χ1) is 7.72. The Bertz CT molecular complexity index is 301. The van der Waals surface area contributed by atoms with Gasteiger partial charge >= 0.3 is 0 Å². The quantitative estimate of drug-likeness (QED) is 0.687. The second-order valence-electron chi connectivity index (χ2n) is 4.18. The lowest BCUT2D eigenvalue weighted by Gasteiger charge is -2.29. The van der Waals surface area contributed by atoms with Crippen LogP contribution in [0.5, 0.6) is 0 Å². The maximum Gasteiger partial charge on any atom is 0.223 e. The number of rotatable bonds is 6. The first kappa shape index (κ1) is 13.5. The van der Waals surface area contributed by atoms with E-state index in [1.807, 2.05) is 0 Å². The average molecular weight is 236 g/mol. The maximum absolute atomic E-state index is 6.13. The van der Waals surface area contributed by atoms with Crippen molar-refractivity contribution < 1.29 is 4.43 Å². The summed E-state index contributed by atoms with van der Waals surface area (Å²) in [6, 6.07) is 11.4. The SMILES string of the molecule is CCO[Si](CC)(CC)c1ccc(CC)cc1. The molecular formula is C14H24OSi. The molecule has 2 heteroatoms. The van der Waals surface area contributed by atoms with Crippen molar-refractivity contribution in [3.05, 3.63) is 29.8 Å². The molecule has 0 aliphatic rings. The van der Waals surface area contributed by atoms with Crippen LogP contribution in [-0.2, 0) is 10.8 Å². The molecule has 0 N–H and O–H groups in total. The molecule has 1 aromatic carbocycles. The Hall–Kier alpha value is -0.603. The van der Waals surface area contributed by atoms with Crippen LogP contribution < -0.4 is 5.19 Å². The molecular weight excluding hydrogens is 212 g/mol. The summed E-state index contributed by atoms with van der Waals surface area (Å²) >= 11 is 0. The topological polar surface area (TPSA) is 9.23 Å². The molecule has 0 radical (unpaired) electrons. The van der Waals surface area contributed by atoms with Crippen molar-refractivity contribution in [3.63, 3.8) is 0 Å². The van der Waals surface area contributed by atoms with E-state index in [4.69, 9.17) is 4.43 Å². The third-order valence-electron chi connectivity index (χ3n) is 3.45. The van der Waals surface area contributed by atoms with Crippen LogP contribution in [0.15, 0.2) is 24.3 Å². The highest BCUT2D eigenvalue weighted by Gasteiger charge is 2.32. The number of hydrogen-bond donors (Lipinski definition) is 0. The van der Waals surface area contributed by atoms with Crippen molar-refractivity contribution in [1.29, 1.82) is 0 Å². The third-order valence-corrected chi connectivity index (χ3v) is 7.96. The van der Waals surface area contributed by atoms with Crippen LogP contribution in [0.3, 0.4) is 0 Å². The van der Waals surface area contributed by atoms with Crippen LogP contribution in [0, 0.1) is 0 Å². The zero-order valence-electron chi connectivity index (χ0n) is 11.0. The van der Waals surface area contributed by atoms with Crippen LogP contribution >= 0.6 is 0 Å². The first-order valence-corrected chi connectivity index (χ1v) is 8.78. The summed E-state index contributed by atoms with van der Waals surface area (Å²) in [6.07, 6.45) is 1.11. The molecule has 0 aromatic heterocycles. The van der Waals surface area contributed by atoms with E-state index in [1.54, 1.807) is 0 Å². The van der Waals surface area contributed by atoms with E-state index in [2.05, 4.69) is 52.0 Å². The predicted molar refractivity (Wildman–Crippen MR) is 73.8 cm³/mol. The van der Waals surface area contributed by atoms with Crippen molar-refractivity contribution in [2.75, 3.05) is 6.61 Å². The fraction of sp³-hybridized carbons (Fsp3) is 0.571. The lowest BCUT2D eigenvalue weighted by molar-refractivity contribution is 0.330. The lowest BCUT2D eigenvalue weighted by Crippen LogP contribution is -2.49. The van der Waals surface area contributed by atoms with Gasteiger partial charge in [-0.2, -0.15) is 0 Å². The lowest BCUT2D eigenvalue weighted by atomic mass is 10.2. The average Bonchev–Trinajstić information content (AvgIpc) is 2.36. The van der Waals surface area contributed by atoms with Crippen LogP contribution in [0.4, 0.5) is 0 Å². The highest BCUT2D eigenvalue weighted by molar-refractivity contribution is 6.86. The van der Waals surface area contributed by atoms with Gasteiger partial charge in [0.2, 0.25) is 8.32 Å². The highest BCUT2D eigenvalue weighted by Crippen LogP contribution is 2.17. The molecule has 0 fully saturated rings. The van der Waals surface area contributed by atoms with Crippen molar-refractivity contribution >= 4 is 13.5 Å². The molecule has 16 heavy (non-hydrogen) atoms. The van der Waals surface area contributed by atoms with Gasteiger partial charge < -0.3 is 4.43 Å². The molecule has 1 rings (SSSR count). The molecule has 90 valence electrons. The van der Waals surface area contributed by atoms with Crippen molar-refractivity contribution in [3.8, 4) is 0 Å². The number of benzene rings is 1. The summed E-state index contributed by atoms with van der Waals surface area (Å²) in [6.45, 7) is 9.66. The molecule has 0 atom stereocenters. The van der Waals surface area contributed by atoms with Crippen LogP contribution in [0.25, 0.3) is 0 Å². The molecule has 0 heterocycles. The second-order valence-corrected chi connectivity index (χ2v) is 8.45. The summed E-state index contributed by atoms with van der Waals surface area (Å²) in [5.74, 6) is 0. The Labute approximate surface area is 101 Å². The van der Waals surface area contributed by atoms with Gasteiger partial charge in [-0.15, -0.1) is 0 Å². The summed E-state index contributed by atoms with van der Waals surface area (Å²) in [4.78, 5) is 0. The Balaban J connectivity index is 3.00. The standard InChI is InChI=1S/C14H24OSi/c1-5-13-9-11-14(12-10-13)16(7-3,8-4)15-6-2/h9-12H,5-8H2,1-4H3. The molecule has 1 nitrogen and oxygen atoms in total. The van der Waals surface area contributed by atoms with Gasteiger partial charge in [0.05, 0.1) is 0 Å². The minimum atomic E-state index is -1.66. The van der Waals surface area contributed by atoms with Crippen molar-refractivity contribution in [2.24, 2.45) is 0 Å². The predicted octanol–water partition coefficient (Wildman–Crippen LogP) is 3.48. The zero-order valence-corrected chi connectivity index (χ0v) is 12.0. The fourth-order valence-electron chi connectivity index (χ4n) is 2.27. The minimum Gasteiger partial charge on any atom is -0.413 e. The molecule has 0 aliphatic heterocycles. The minimum absolute atomic E-state index is 0.837. The van der Waals surface area contributed by atoms with Crippen LogP contribution in [0.1, 0.15) is 33.3 Å². The van der Waals surface area contributed by atoms with Gasteiger partial charge in [-0.25, -0.2) is 0 Å². The molecule has 0 saturated carbocycles. The molecule has 0 saturated heterocycles. The van der Waals surface area contributed by atoms with E-state index in [9.17, 15) is 0 Å². The zero-order chi connectivity index (χ0) is 12.0. The second kappa shape index (κ2) is 6.21. The van der Waals surface area contributed by atoms with Gasteiger partial charge in [-0.1, -0.05) is 45.0 Å². The Morgan fingerprint density at radius 2 is 1.50 bits per heavy atom. The highest BCUT2D eigenvalue weighted by atomic mass is 28.4. The van der Waals surface area contributed by atoms with Gasteiger partial charge in [0.25, 0.3) is 0 Å². The molecule has 0 spiro atoms. The van der Waals surface area contributed by atoms with Gasteiger partial charge in [-0.3, -0.25) is 0 Å². The molecule has 0 aliphatic carbocycles. The Kier molecular flexibility index (Phi) is 5.23. The maximum atomic E-state index is 6.13. The molecule has 0 amide bonds. The summed E-state index contributed by atoms with van der Waals surface area (Å²) in [7, 11) is -1.66. The van der Waals surface area contributed by atoms with Crippen molar-refractivity contribution in [1.82, 2.24) is 0 Å². The van der Waals surface area contributed by atoms with E-state index in [0.29, 0.717) is 0 Å². The summed E-state index contributed by atoms with van der Waals surface area (Å²) in [5, 5.41) is 1.46. The Morgan fingerprint density at radius 3 is 1.88 bits per heavy atom. The normalized spacial score (nSPS) is 11.8. The van der Waals surface area contributed by atoms with Crippen molar-refractivity contribution in [2.45, 2.75) is 46.2 Å². The van der Waals surface area contributed by atoms with Gasteiger partial charge in [0.15, 0.2) is 0 Å². The van der Waals surface area contributed by atoms with E-state index in [1.165, 1.54) is 22.8 Å². The number of hydrogen-bond acceptors (Lipinski definition) is 1. The van der Waals surface area contributed by atoms with Gasteiger partial charge in [0, 0.05) is 6.61 Å². The number of aryl methyl sites for hydroxylation is 1. The smallest absolute Gasteiger partial charge is 0.223 e. The van der Waals surface area contributed by atoms with Gasteiger partial charge in [0.1, 0.15) is 0 Å². The third kappa shape index (κ3) is 2.74. The summed E-state index contributed by atoms with van der Waals surface area (Å²) in [5.41, 5.74) is 1.41. The largest absolute Gasteiger partial charge is 0.413 e. The fourth-order valence-corrected chi connectivity index (χ4v) is 5.48. The molecule has 0 unspecified atom stereocenters. The monoisotopic (exact) mass is 236 g/mol. The summed E-state index contributed by atoms with van der Waals surface area (Å²) < 4.78 is 6.13. The molecule has 0 bridgehead atoms.